The first-order valence-corrected chi connectivity index (χ1v) is 11.8. The highest BCUT2D eigenvalue weighted by Crippen LogP contribution is 2.14. The molecule has 0 fully saturated rings. The van der Waals surface area contributed by atoms with E-state index in [9.17, 15) is 24.3 Å². The molecular weight excluding hydrogens is 492 g/mol. The van der Waals surface area contributed by atoms with Crippen molar-refractivity contribution < 1.29 is 33.5 Å². The lowest BCUT2D eigenvalue weighted by Crippen LogP contribution is -2.71. The molecule has 1 heterocycles. The van der Waals surface area contributed by atoms with Crippen LogP contribution < -0.4 is 20.7 Å². The van der Waals surface area contributed by atoms with Gasteiger partial charge in [0, 0.05) is 18.2 Å². The molecule has 0 aliphatic heterocycles. The summed E-state index contributed by atoms with van der Waals surface area (Å²) in [7, 11) is 0. The Hall–Kier alpha value is -4.35. The number of carbonyl (C=O) groups is 4. The molecule has 11 nitrogen and oxygen atoms in total. The van der Waals surface area contributed by atoms with Crippen molar-refractivity contribution in [2.75, 3.05) is 6.61 Å². The van der Waals surface area contributed by atoms with Crippen LogP contribution in [0.3, 0.4) is 0 Å². The molecule has 1 aromatic heterocycles. The molecule has 0 saturated carbocycles. The van der Waals surface area contributed by atoms with Gasteiger partial charge >= 0.3 is 0 Å². The lowest BCUT2D eigenvalue weighted by molar-refractivity contribution is -0.127. The second-order valence-corrected chi connectivity index (χ2v) is 8.84. The van der Waals surface area contributed by atoms with Crippen LogP contribution in [0.15, 0.2) is 59.1 Å². The van der Waals surface area contributed by atoms with Crippen LogP contribution in [0.4, 0.5) is 0 Å². The summed E-state index contributed by atoms with van der Waals surface area (Å²) in [6, 6.07) is 14.0. The van der Waals surface area contributed by atoms with Gasteiger partial charge in [0.2, 0.25) is 5.91 Å². The fourth-order valence-corrected chi connectivity index (χ4v) is 3.50. The summed E-state index contributed by atoms with van der Waals surface area (Å²) >= 11 is 0. The van der Waals surface area contributed by atoms with Gasteiger partial charge in [-0.15, -0.1) is 0 Å². The van der Waals surface area contributed by atoms with E-state index in [1.54, 1.807) is 25.1 Å². The predicted octanol–water partition coefficient (Wildman–Crippen LogP) is 1.46. The summed E-state index contributed by atoms with van der Waals surface area (Å²) in [5, 5.41) is 22.1. The van der Waals surface area contributed by atoms with E-state index in [1.807, 2.05) is 31.2 Å². The summed E-state index contributed by atoms with van der Waals surface area (Å²) in [5.41, 5.74) is 0.0882. The molecule has 0 spiro atoms. The fourth-order valence-electron chi connectivity index (χ4n) is 3.50. The predicted molar refractivity (Wildman–Crippen MR) is 136 cm³/mol. The lowest BCUT2D eigenvalue weighted by atomic mass is 10.0. The minimum Gasteiger partial charge on any atom is -0.491 e. The molecule has 2 aromatic carbocycles. The number of nitrogens with zero attached hydrogens (tertiary/aromatic N) is 1. The number of nitrogens with one attached hydrogen (secondary N) is 3. The van der Waals surface area contributed by atoms with E-state index in [0.29, 0.717) is 29.6 Å². The molecular formula is C27H30N4O7. The topological polar surface area (TPSA) is 160 Å². The van der Waals surface area contributed by atoms with Gasteiger partial charge in [0.1, 0.15) is 30.4 Å². The average molecular weight is 523 g/mol. The van der Waals surface area contributed by atoms with Gasteiger partial charge < -0.3 is 25.0 Å². The monoisotopic (exact) mass is 522 g/mol. The number of amides is 2. The highest BCUT2D eigenvalue weighted by atomic mass is 16.5. The van der Waals surface area contributed by atoms with Crippen molar-refractivity contribution in [3.05, 3.63) is 82.7 Å². The number of ether oxygens (including phenoxy) is 1. The van der Waals surface area contributed by atoms with Crippen LogP contribution >= 0.6 is 0 Å². The molecule has 0 aliphatic carbocycles. The van der Waals surface area contributed by atoms with E-state index in [-0.39, 0.29) is 18.8 Å². The first-order chi connectivity index (χ1) is 18.2. The Morgan fingerprint density at radius 2 is 1.87 bits per heavy atom. The minimum absolute atomic E-state index is 0.113. The van der Waals surface area contributed by atoms with Crippen LogP contribution in [0.25, 0.3) is 0 Å². The number of aliphatic hydroxyl groups is 1. The number of hydrogen-bond acceptors (Lipinski definition) is 9. The number of aromatic nitrogens is 1. The standard InChI is InChI=1S/C27H30N4O7/c1-17-7-9-20(10-8-17)13-28-25(35)24(15-37-22-6-4-5-21(12-22)14-32)29-27(16-33,19(3)34)30-26(36)23-11-18(2)38-31-23/h4-12,14,16,19,24,29,34H,13,15H2,1-3H3,(H,28,35)(H,30,36)/t19-,24+,27-/m1/s1. The van der Waals surface area contributed by atoms with Crippen LogP contribution in [0.1, 0.15) is 44.7 Å². The van der Waals surface area contributed by atoms with E-state index in [2.05, 4.69) is 21.1 Å². The zero-order valence-corrected chi connectivity index (χ0v) is 21.3. The molecule has 0 saturated heterocycles. The molecule has 3 atom stereocenters. The number of benzene rings is 2. The van der Waals surface area contributed by atoms with E-state index in [1.165, 1.54) is 19.1 Å². The molecule has 200 valence electrons. The SMILES string of the molecule is Cc1ccc(CNC(=O)[C@H](COc2cccc(C=O)c2)N[C@](C=O)(NC(=O)c2cc(C)on2)[C@@H](C)O)cc1. The van der Waals surface area contributed by atoms with Crippen LogP contribution in [0.2, 0.25) is 0 Å². The first-order valence-electron chi connectivity index (χ1n) is 11.8. The van der Waals surface area contributed by atoms with E-state index >= 15 is 0 Å². The quantitative estimate of drug-likeness (QED) is 0.192. The van der Waals surface area contributed by atoms with Gasteiger partial charge in [-0.3, -0.25) is 24.5 Å². The molecule has 0 radical (unpaired) electrons. The van der Waals surface area contributed by atoms with Crippen LogP contribution in [0.5, 0.6) is 5.75 Å². The molecule has 0 unspecified atom stereocenters. The van der Waals surface area contributed by atoms with Gasteiger partial charge in [-0.1, -0.05) is 47.1 Å². The fraction of sp³-hybridized carbons (Fsp3) is 0.296. The number of aldehydes is 2. The van der Waals surface area contributed by atoms with Gasteiger partial charge in [-0.05, 0) is 38.5 Å². The van der Waals surface area contributed by atoms with Crippen LogP contribution in [-0.2, 0) is 16.1 Å². The molecule has 0 aliphatic rings. The van der Waals surface area contributed by atoms with E-state index < -0.39 is 29.6 Å². The van der Waals surface area contributed by atoms with Crippen molar-refractivity contribution in [3.63, 3.8) is 0 Å². The Morgan fingerprint density at radius 3 is 2.47 bits per heavy atom. The molecule has 4 N–H and O–H groups in total. The van der Waals surface area contributed by atoms with Gasteiger partial charge in [-0.2, -0.15) is 0 Å². The maximum atomic E-state index is 13.3. The molecule has 3 rings (SSSR count). The Balaban J connectivity index is 1.83. The molecule has 3 aromatic rings. The zero-order chi connectivity index (χ0) is 27.7. The highest BCUT2D eigenvalue weighted by Gasteiger charge is 2.41. The summed E-state index contributed by atoms with van der Waals surface area (Å²) in [6.45, 7) is 4.71. The van der Waals surface area contributed by atoms with Gasteiger partial charge in [0.25, 0.3) is 5.91 Å². The summed E-state index contributed by atoms with van der Waals surface area (Å²) in [6.07, 6.45) is -0.513. The van der Waals surface area contributed by atoms with Gasteiger partial charge in [-0.25, -0.2) is 0 Å². The van der Waals surface area contributed by atoms with E-state index in [0.717, 1.165) is 11.1 Å². The Kier molecular flexibility index (Phi) is 9.47. The molecule has 0 bridgehead atoms. The van der Waals surface area contributed by atoms with Crippen molar-refractivity contribution in [2.24, 2.45) is 0 Å². The van der Waals surface area contributed by atoms with Crippen LogP contribution in [0, 0.1) is 13.8 Å². The molecule has 11 heteroatoms. The number of aliphatic hydroxyl groups excluding tert-OH is 1. The smallest absolute Gasteiger partial charge is 0.275 e. The zero-order valence-electron chi connectivity index (χ0n) is 21.3. The van der Waals surface area contributed by atoms with E-state index in [4.69, 9.17) is 9.26 Å². The minimum atomic E-state index is -2.08. The normalized spacial score (nSPS) is 14.0. The number of rotatable bonds is 13. The maximum Gasteiger partial charge on any atom is 0.275 e. The first kappa shape index (κ1) is 28.2. The van der Waals surface area contributed by atoms with Crippen LogP contribution in [-0.4, -0.2) is 59.1 Å². The average Bonchev–Trinajstić information content (AvgIpc) is 3.36. The second-order valence-electron chi connectivity index (χ2n) is 8.84. The summed E-state index contributed by atoms with van der Waals surface area (Å²) < 4.78 is 10.7. The third-order valence-electron chi connectivity index (χ3n) is 5.75. The Labute approximate surface area is 219 Å². The Bertz CT molecular complexity index is 1270. The van der Waals surface area contributed by atoms with Crippen molar-refractivity contribution >= 4 is 24.4 Å². The molecule has 38 heavy (non-hydrogen) atoms. The second kappa shape index (κ2) is 12.7. The maximum absolute atomic E-state index is 13.3. The number of hydrogen-bond donors (Lipinski definition) is 4. The van der Waals surface area contributed by atoms with Crippen molar-refractivity contribution in [2.45, 2.75) is 45.1 Å². The molecule has 2 amide bonds. The third kappa shape index (κ3) is 7.34. The van der Waals surface area contributed by atoms with Crippen molar-refractivity contribution in [3.8, 4) is 5.75 Å². The largest absolute Gasteiger partial charge is 0.491 e. The Morgan fingerprint density at radius 1 is 1.13 bits per heavy atom. The van der Waals surface area contributed by atoms with Gasteiger partial charge in [0.15, 0.2) is 17.6 Å². The summed E-state index contributed by atoms with van der Waals surface area (Å²) in [5.74, 6) is -0.684. The highest BCUT2D eigenvalue weighted by molar-refractivity contribution is 5.95. The summed E-state index contributed by atoms with van der Waals surface area (Å²) in [4.78, 5) is 49.4. The number of aryl methyl sites for hydroxylation is 2. The third-order valence-corrected chi connectivity index (χ3v) is 5.75. The van der Waals surface area contributed by atoms with Gasteiger partial charge in [0.05, 0.1) is 6.10 Å². The van der Waals surface area contributed by atoms with Crippen molar-refractivity contribution in [1.29, 1.82) is 0 Å². The van der Waals surface area contributed by atoms with Crippen molar-refractivity contribution in [1.82, 2.24) is 21.1 Å². The number of carbonyl (C=O) groups excluding carboxylic acids is 4. The lowest BCUT2D eigenvalue weighted by Gasteiger charge is -2.36.